The Kier molecular flexibility index (Phi) is 7.71. The van der Waals surface area contributed by atoms with Crippen LogP contribution in [0, 0.1) is 12.0 Å². The van der Waals surface area contributed by atoms with Crippen molar-refractivity contribution in [2.24, 2.45) is 10.3 Å². The molecule has 0 aromatic rings. The van der Waals surface area contributed by atoms with E-state index in [2.05, 4.69) is 56.9 Å². The molecule has 0 spiro atoms. The minimum Gasteiger partial charge on any atom is -0.273 e. The van der Waals surface area contributed by atoms with Crippen LogP contribution in [-0.2, 0) is 0 Å². The van der Waals surface area contributed by atoms with Gasteiger partial charge in [-0.15, -0.1) is 0 Å². The van der Waals surface area contributed by atoms with Crippen LogP contribution in [0.5, 0.6) is 0 Å². The Bertz CT molecular complexity index is 225. The molecule has 3 heteroatoms. The third kappa shape index (κ3) is 6.96. The van der Waals surface area contributed by atoms with Crippen molar-refractivity contribution < 1.29 is 0 Å². The largest absolute Gasteiger partial charge is 0.273 e. The molecule has 0 aliphatic rings. The zero-order chi connectivity index (χ0) is 11.7. The van der Waals surface area contributed by atoms with Crippen molar-refractivity contribution in [2.75, 3.05) is 0 Å². The van der Waals surface area contributed by atoms with Gasteiger partial charge >= 0.3 is 0 Å². The van der Waals surface area contributed by atoms with Crippen LogP contribution in [0.2, 0.25) is 0 Å². The second kappa shape index (κ2) is 8.28. The van der Waals surface area contributed by atoms with E-state index in [1.807, 2.05) is 5.01 Å². The molecule has 15 heavy (non-hydrogen) atoms. The molecule has 0 bridgehead atoms. The van der Waals surface area contributed by atoms with Crippen molar-refractivity contribution in [3.05, 3.63) is 0 Å². The summed E-state index contributed by atoms with van der Waals surface area (Å²) in [6.45, 7) is 10.6. The second-order valence-electron chi connectivity index (χ2n) is 4.15. The van der Waals surface area contributed by atoms with Gasteiger partial charge in [0, 0.05) is 18.5 Å². The molecule has 0 atom stereocenters. The Morgan fingerprint density at radius 3 is 2.20 bits per heavy atom. The van der Waals surface area contributed by atoms with Crippen LogP contribution in [0.15, 0.2) is 10.3 Å². The van der Waals surface area contributed by atoms with Crippen molar-refractivity contribution in [1.29, 1.82) is 0 Å². The zero-order valence-electron chi connectivity index (χ0n) is 10.6. The normalized spacial score (nSPS) is 10.9. The topological polar surface area (TPSA) is 28.0 Å². The highest BCUT2D eigenvalue weighted by Crippen LogP contribution is 2.05. The van der Waals surface area contributed by atoms with Crippen LogP contribution in [-0.4, -0.2) is 17.1 Å². The van der Waals surface area contributed by atoms with Gasteiger partial charge in [-0.1, -0.05) is 29.6 Å². The van der Waals surface area contributed by atoms with Gasteiger partial charge in [0.2, 0.25) is 0 Å². The van der Waals surface area contributed by atoms with Crippen LogP contribution in [0.25, 0.3) is 0 Å². The standard InChI is InChI=1S/C12H23N3/c1-6-7-8-9-10-13-14-15(11(2)3)12(4)5/h11-12H,6-8H2,1-5H3/b14-13+. The highest BCUT2D eigenvalue weighted by atomic mass is 15.6. The van der Waals surface area contributed by atoms with E-state index in [4.69, 9.17) is 0 Å². The molecule has 0 saturated heterocycles. The quantitative estimate of drug-likeness (QED) is 0.294. The number of hydrogen-bond donors (Lipinski definition) is 0. The second-order valence-corrected chi connectivity index (χ2v) is 4.15. The molecule has 0 radical (unpaired) electrons. The highest BCUT2D eigenvalue weighted by molar-refractivity contribution is 4.95. The third-order valence-electron chi connectivity index (χ3n) is 1.99. The summed E-state index contributed by atoms with van der Waals surface area (Å²) < 4.78 is 0. The van der Waals surface area contributed by atoms with E-state index < -0.39 is 0 Å². The predicted molar refractivity (Wildman–Crippen MR) is 64.3 cm³/mol. The molecule has 0 aromatic heterocycles. The van der Waals surface area contributed by atoms with Crippen LogP contribution >= 0.6 is 0 Å². The van der Waals surface area contributed by atoms with Crippen LogP contribution in [0.4, 0.5) is 0 Å². The molecule has 0 heterocycles. The molecular formula is C12H23N3. The lowest BCUT2D eigenvalue weighted by Crippen LogP contribution is -2.31. The Labute approximate surface area is 93.9 Å². The van der Waals surface area contributed by atoms with E-state index in [1.165, 1.54) is 6.42 Å². The van der Waals surface area contributed by atoms with Crippen molar-refractivity contribution in [3.63, 3.8) is 0 Å². The van der Waals surface area contributed by atoms with Crippen molar-refractivity contribution in [3.8, 4) is 12.0 Å². The molecule has 0 N–H and O–H groups in total. The summed E-state index contributed by atoms with van der Waals surface area (Å²) >= 11 is 0. The Morgan fingerprint density at radius 2 is 1.73 bits per heavy atom. The monoisotopic (exact) mass is 209 g/mol. The summed E-state index contributed by atoms with van der Waals surface area (Å²) in [7, 11) is 0. The van der Waals surface area contributed by atoms with Gasteiger partial charge in [0.15, 0.2) is 0 Å². The van der Waals surface area contributed by atoms with E-state index in [-0.39, 0.29) is 0 Å². The molecule has 0 unspecified atom stereocenters. The van der Waals surface area contributed by atoms with Crippen LogP contribution in [0.3, 0.4) is 0 Å². The van der Waals surface area contributed by atoms with Crippen LogP contribution < -0.4 is 0 Å². The average molecular weight is 209 g/mol. The predicted octanol–water partition coefficient (Wildman–Crippen LogP) is 3.62. The average Bonchev–Trinajstić information content (AvgIpc) is 2.15. The Morgan fingerprint density at radius 1 is 1.13 bits per heavy atom. The zero-order valence-corrected chi connectivity index (χ0v) is 10.6. The van der Waals surface area contributed by atoms with Gasteiger partial charge in [0.1, 0.15) is 0 Å². The maximum Gasteiger partial charge on any atom is 0.0593 e. The fraction of sp³-hybridized carbons (Fsp3) is 0.833. The molecule has 86 valence electrons. The Hall–Kier alpha value is -1.04. The number of nitrogens with zero attached hydrogens (tertiary/aromatic N) is 3. The maximum atomic E-state index is 4.11. The van der Waals surface area contributed by atoms with Gasteiger partial charge in [-0.2, -0.15) is 0 Å². The first-order chi connectivity index (χ1) is 7.09. The number of rotatable bonds is 5. The summed E-state index contributed by atoms with van der Waals surface area (Å²) in [6, 6.07) is 3.46. The molecule has 0 fully saturated rings. The van der Waals surface area contributed by atoms with E-state index >= 15 is 0 Å². The first-order valence-electron chi connectivity index (χ1n) is 5.76. The Balaban J connectivity index is 4.04. The summed E-state index contributed by atoms with van der Waals surface area (Å²) in [4.78, 5) is 0. The fourth-order valence-corrected chi connectivity index (χ4v) is 1.23. The van der Waals surface area contributed by atoms with Crippen molar-refractivity contribution >= 4 is 0 Å². The number of hydrogen-bond acceptors (Lipinski definition) is 2. The number of unbranched alkanes of at least 4 members (excludes halogenated alkanes) is 2. The first-order valence-corrected chi connectivity index (χ1v) is 5.76. The van der Waals surface area contributed by atoms with E-state index in [9.17, 15) is 0 Å². The first kappa shape index (κ1) is 14.0. The smallest absolute Gasteiger partial charge is 0.0593 e. The van der Waals surface area contributed by atoms with Gasteiger partial charge in [0.05, 0.1) is 6.04 Å². The minimum atomic E-state index is 0.367. The summed E-state index contributed by atoms with van der Waals surface area (Å²) in [5.74, 6) is 2.98. The molecule has 3 nitrogen and oxygen atoms in total. The molecule has 0 saturated carbocycles. The lowest BCUT2D eigenvalue weighted by Gasteiger charge is -2.25. The van der Waals surface area contributed by atoms with E-state index in [1.54, 1.807) is 0 Å². The lowest BCUT2D eigenvalue weighted by atomic mass is 10.3. The maximum absolute atomic E-state index is 4.11. The van der Waals surface area contributed by atoms with E-state index in [0.29, 0.717) is 12.1 Å². The van der Waals surface area contributed by atoms with Gasteiger partial charge in [0.25, 0.3) is 0 Å². The highest BCUT2D eigenvalue weighted by Gasteiger charge is 2.09. The summed E-state index contributed by atoms with van der Waals surface area (Å²) in [6.07, 6.45) is 3.23. The molecule has 0 aliphatic carbocycles. The fourth-order valence-electron chi connectivity index (χ4n) is 1.23. The molecule has 0 aliphatic heterocycles. The minimum absolute atomic E-state index is 0.367. The summed E-state index contributed by atoms with van der Waals surface area (Å²) in [5.41, 5.74) is 0. The van der Waals surface area contributed by atoms with Crippen LogP contribution in [0.1, 0.15) is 53.9 Å². The van der Waals surface area contributed by atoms with Gasteiger partial charge in [-0.25, -0.2) is 0 Å². The SMILES string of the molecule is CCCCC#C/N=N/N(C(C)C)C(C)C. The third-order valence-corrected chi connectivity index (χ3v) is 1.99. The van der Waals surface area contributed by atoms with Gasteiger partial charge in [-0.05, 0) is 34.1 Å². The lowest BCUT2D eigenvalue weighted by molar-refractivity contribution is 0.170. The summed E-state index contributed by atoms with van der Waals surface area (Å²) in [5, 5.41) is 9.93. The van der Waals surface area contributed by atoms with Gasteiger partial charge in [-0.3, -0.25) is 5.01 Å². The van der Waals surface area contributed by atoms with Crippen molar-refractivity contribution in [2.45, 2.75) is 66.0 Å². The molecule has 0 amide bonds. The van der Waals surface area contributed by atoms with Crippen molar-refractivity contribution in [1.82, 2.24) is 5.01 Å². The van der Waals surface area contributed by atoms with E-state index in [0.717, 1.165) is 12.8 Å². The van der Waals surface area contributed by atoms with Gasteiger partial charge < -0.3 is 0 Å². The molecule has 0 rings (SSSR count). The molecular weight excluding hydrogens is 186 g/mol. The molecule has 0 aromatic carbocycles.